The summed E-state index contributed by atoms with van der Waals surface area (Å²) < 4.78 is 87.3. The predicted molar refractivity (Wildman–Crippen MR) is 78.3 cm³/mol. The van der Waals surface area contributed by atoms with Crippen molar-refractivity contribution >= 4 is 7.81 Å². The summed E-state index contributed by atoms with van der Waals surface area (Å²) >= 11 is 0. The first-order valence-electron chi connectivity index (χ1n) is 5.86. The van der Waals surface area contributed by atoms with Crippen molar-refractivity contribution in [2.24, 2.45) is 0 Å². The van der Waals surface area contributed by atoms with Gasteiger partial charge < -0.3 is 4.74 Å². The van der Waals surface area contributed by atoms with Crippen molar-refractivity contribution in [2.75, 3.05) is 0 Å². The largest absolute Gasteiger partial charge is 0.457 e. The molecule has 0 spiro atoms. The van der Waals surface area contributed by atoms with Gasteiger partial charge in [0.05, 0.1) is 0 Å². The third-order valence-electron chi connectivity index (χ3n) is 1.72. The molecule has 0 saturated heterocycles. The van der Waals surface area contributed by atoms with E-state index in [0.29, 0.717) is 0 Å². The van der Waals surface area contributed by atoms with Crippen LogP contribution in [-0.2, 0) is 31.0 Å². The standard InChI is InChI=1S/C12H10O.3CO.F6P.Mn/c1-3-7-11(8-4-1)13-12-9-5-2-6-10-12;3*1-2;1-7(2,3,4,5)6;/h1-10H;;;;;/q;;;;-1;. The van der Waals surface area contributed by atoms with Crippen LogP contribution < -0.4 is 4.74 Å². The fourth-order valence-corrected chi connectivity index (χ4v) is 1.11. The number of ether oxygens (including phenoxy) is 1. The van der Waals surface area contributed by atoms with E-state index in [1.807, 2.05) is 60.7 Å². The molecule has 0 aliphatic heterocycles. The summed E-state index contributed by atoms with van der Waals surface area (Å²) in [6.45, 7) is 13.5. The van der Waals surface area contributed by atoms with Gasteiger partial charge in [-0.2, -0.15) is 0 Å². The van der Waals surface area contributed by atoms with Gasteiger partial charge in [-0.3, -0.25) is 0 Å². The number of rotatable bonds is 2. The molecule has 0 aliphatic rings. The zero-order valence-electron chi connectivity index (χ0n) is 13.0. The van der Waals surface area contributed by atoms with Crippen molar-refractivity contribution in [3.63, 3.8) is 0 Å². The molecule has 0 amide bonds. The molecule has 1 radical (unpaired) electrons. The first-order valence-corrected chi connectivity index (χ1v) is 7.88. The fourth-order valence-electron chi connectivity index (χ4n) is 1.11. The van der Waals surface area contributed by atoms with Gasteiger partial charge in [-0.15, -0.1) is 0 Å². The van der Waals surface area contributed by atoms with E-state index in [-0.39, 0.29) is 17.1 Å². The van der Waals surface area contributed by atoms with E-state index in [0.717, 1.165) is 11.5 Å². The van der Waals surface area contributed by atoms with Crippen LogP contribution in [0.2, 0.25) is 0 Å². The number of benzene rings is 2. The molecule has 4 nitrogen and oxygen atoms in total. The molecule has 0 unspecified atom stereocenters. The van der Waals surface area contributed by atoms with E-state index in [4.69, 9.17) is 18.7 Å². The Balaban J connectivity index is -0.000000163. The molecule has 149 valence electrons. The van der Waals surface area contributed by atoms with Crippen LogP contribution in [0.4, 0.5) is 25.2 Å². The summed E-state index contributed by atoms with van der Waals surface area (Å²) in [4.78, 5) is 0. The zero-order valence-corrected chi connectivity index (χ0v) is 15.1. The van der Waals surface area contributed by atoms with Crippen LogP contribution in [0.25, 0.3) is 0 Å². The average Bonchev–Trinajstić information content (AvgIpc) is 2.59. The molecule has 0 aromatic heterocycles. The van der Waals surface area contributed by atoms with Crippen LogP contribution in [0.5, 0.6) is 11.5 Å². The van der Waals surface area contributed by atoms with Gasteiger partial charge in [-0.05, 0) is 24.3 Å². The van der Waals surface area contributed by atoms with E-state index in [9.17, 15) is 25.2 Å². The third kappa shape index (κ3) is 35.8. The SMILES string of the molecule is F[P-](F)(F)(F)(F)F.[C-]#[O+].[C-]#[O+].[C-]#[O+].[Mn].c1ccc(Oc2ccccc2)cc1. The predicted octanol–water partition coefficient (Wildman–Crippen LogP) is 6.75. The Morgan fingerprint density at radius 2 is 0.741 bits per heavy atom. The molecule has 27 heavy (non-hydrogen) atoms. The molecule has 12 heteroatoms. The van der Waals surface area contributed by atoms with Crippen LogP contribution >= 0.6 is 7.81 Å². The molecule has 0 aliphatic carbocycles. The molecule has 0 bridgehead atoms. The van der Waals surface area contributed by atoms with E-state index in [1.165, 1.54) is 0 Å². The topological polar surface area (TPSA) is 68.9 Å². The summed E-state index contributed by atoms with van der Waals surface area (Å²) in [5, 5.41) is 0. The van der Waals surface area contributed by atoms with Crippen molar-refractivity contribution in [2.45, 2.75) is 0 Å². The molecule has 0 atom stereocenters. The van der Waals surface area contributed by atoms with Gasteiger partial charge in [0.25, 0.3) is 0 Å². The van der Waals surface area contributed by atoms with Crippen LogP contribution in [0.1, 0.15) is 0 Å². The summed E-state index contributed by atoms with van der Waals surface area (Å²) in [5.41, 5.74) is 0. The van der Waals surface area contributed by atoms with Gasteiger partial charge in [-0.1, -0.05) is 36.4 Å². The Morgan fingerprint density at radius 1 is 0.556 bits per heavy atom. The molecule has 2 aromatic rings. The molecular weight excluding hydrogens is 444 g/mol. The maximum Gasteiger partial charge on any atom is 0.127 e. The second-order valence-electron chi connectivity index (χ2n) is 3.69. The van der Waals surface area contributed by atoms with E-state index >= 15 is 0 Å². The Morgan fingerprint density at radius 3 is 0.926 bits per heavy atom. The van der Waals surface area contributed by atoms with Crippen LogP contribution in [0, 0.1) is 20.0 Å². The van der Waals surface area contributed by atoms with Crippen LogP contribution in [-0.4, -0.2) is 0 Å². The number of para-hydroxylation sites is 2. The molecule has 0 fully saturated rings. The molecule has 0 N–H and O–H groups in total. The zero-order chi connectivity index (χ0) is 21.3. The Hall–Kier alpha value is -2.01. The average molecular weight is 454 g/mol. The third-order valence-corrected chi connectivity index (χ3v) is 1.72. The Kier molecular flexibility index (Phi) is 17.0. The van der Waals surface area contributed by atoms with Gasteiger partial charge in [-0.25, -0.2) is 0 Å². The van der Waals surface area contributed by atoms with Gasteiger partial charge in [0.1, 0.15) is 11.5 Å². The van der Waals surface area contributed by atoms with Crippen LogP contribution in [0.3, 0.4) is 0 Å². The van der Waals surface area contributed by atoms with E-state index in [1.54, 1.807) is 0 Å². The van der Waals surface area contributed by atoms with Gasteiger partial charge >= 0.3 is 66.9 Å². The van der Waals surface area contributed by atoms with E-state index in [2.05, 4.69) is 20.0 Å². The summed E-state index contributed by atoms with van der Waals surface area (Å²) in [7, 11) is -10.7. The summed E-state index contributed by atoms with van der Waals surface area (Å²) in [6, 6.07) is 19.5. The molecular formula is C15H10F6MnO4P-. The Labute approximate surface area is 161 Å². The number of halogens is 6. The summed E-state index contributed by atoms with van der Waals surface area (Å²) in [6.07, 6.45) is 0. The maximum atomic E-state index is 9.87. The minimum atomic E-state index is -10.7. The normalized spacial score (nSPS) is 10.8. The number of hydrogen-bond donors (Lipinski definition) is 0. The molecule has 2 aromatic carbocycles. The monoisotopic (exact) mass is 454 g/mol. The quantitative estimate of drug-likeness (QED) is 0.163. The number of hydrogen-bond acceptors (Lipinski definition) is 1. The van der Waals surface area contributed by atoms with Crippen molar-refractivity contribution < 1.29 is 60.9 Å². The molecule has 0 heterocycles. The summed E-state index contributed by atoms with van der Waals surface area (Å²) in [5.74, 6) is 1.74. The van der Waals surface area contributed by atoms with Crippen molar-refractivity contribution in [1.82, 2.24) is 0 Å². The Bertz CT molecular complexity index is 610. The van der Waals surface area contributed by atoms with Gasteiger partial charge in [0, 0.05) is 17.1 Å². The first-order chi connectivity index (χ1) is 11.9. The van der Waals surface area contributed by atoms with Crippen molar-refractivity contribution in [3.05, 3.63) is 80.6 Å². The second-order valence-corrected chi connectivity index (χ2v) is 5.60. The van der Waals surface area contributed by atoms with Gasteiger partial charge in [0.15, 0.2) is 0 Å². The maximum absolute atomic E-state index is 10.7. The molecule has 2 rings (SSSR count). The minimum Gasteiger partial charge on any atom is -0.457 e. The smallest absolute Gasteiger partial charge is 0.127 e. The second kappa shape index (κ2) is 14.1. The van der Waals surface area contributed by atoms with Gasteiger partial charge in [0.2, 0.25) is 0 Å². The minimum absolute atomic E-state index is 0. The fraction of sp³-hybridized carbons (Fsp3) is 0. The van der Waals surface area contributed by atoms with Crippen molar-refractivity contribution in [1.29, 1.82) is 0 Å². The van der Waals surface area contributed by atoms with E-state index < -0.39 is 7.81 Å². The first kappa shape index (κ1) is 32.6. The van der Waals surface area contributed by atoms with Crippen molar-refractivity contribution in [3.8, 4) is 11.5 Å². The molecule has 0 saturated carbocycles. The van der Waals surface area contributed by atoms with Crippen LogP contribution in [0.15, 0.2) is 60.7 Å².